The van der Waals surface area contributed by atoms with Gasteiger partial charge in [0.15, 0.2) is 0 Å². The van der Waals surface area contributed by atoms with Crippen molar-refractivity contribution in [1.82, 2.24) is 10.2 Å². The number of nitrogens with one attached hydrogen (secondary N) is 1. The zero-order valence-corrected chi connectivity index (χ0v) is 14.8. The molecule has 0 bridgehead atoms. The lowest BCUT2D eigenvalue weighted by Crippen LogP contribution is -2.36. The summed E-state index contributed by atoms with van der Waals surface area (Å²) in [5.74, 6) is 1.46. The minimum Gasteiger partial charge on any atom is -0.491 e. The topological polar surface area (TPSA) is 41.6 Å². The number of halogens is 1. The first-order valence-electron chi connectivity index (χ1n) is 8.26. The van der Waals surface area contributed by atoms with Crippen LogP contribution in [0.5, 0.6) is 5.75 Å². The molecule has 4 nitrogen and oxygen atoms in total. The van der Waals surface area contributed by atoms with Crippen molar-refractivity contribution in [1.29, 1.82) is 0 Å². The van der Waals surface area contributed by atoms with Crippen LogP contribution in [0, 0.1) is 18.3 Å². The first-order valence-corrected chi connectivity index (χ1v) is 8.26. The summed E-state index contributed by atoms with van der Waals surface area (Å²) in [6.07, 6.45) is 3.38. The standard InChI is InChI=1S/C18H26N2O2.ClH/c1-14-5-3-4-6-16(14)22-12-11-20(2)17(21)15-13-18(15)7-9-19-10-8-18;/h3-6,15,19H,7-13H2,1-2H3;1H. The maximum absolute atomic E-state index is 12.5. The number of nitrogens with zero attached hydrogens (tertiary/aromatic N) is 1. The molecule has 23 heavy (non-hydrogen) atoms. The van der Waals surface area contributed by atoms with Gasteiger partial charge in [0.1, 0.15) is 12.4 Å². The molecule has 1 aromatic rings. The van der Waals surface area contributed by atoms with Crippen molar-refractivity contribution in [2.75, 3.05) is 33.3 Å². The number of carbonyl (C=O) groups excluding carboxylic acids is 1. The van der Waals surface area contributed by atoms with Crippen molar-refractivity contribution >= 4 is 18.3 Å². The van der Waals surface area contributed by atoms with E-state index in [1.807, 2.05) is 43.1 Å². The Balaban J connectivity index is 0.00000192. The maximum Gasteiger partial charge on any atom is 0.226 e. The third kappa shape index (κ3) is 3.99. The molecule has 1 atom stereocenters. The molecule has 128 valence electrons. The molecular weight excluding hydrogens is 312 g/mol. The predicted molar refractivity (Wildman–Crippen MR) is 94.2 cm³/mol. The summed E-state index contributed by atoms with van der Waals surface area (Å²) >= 11 is 0. The molecule has 1 saturated carbocycles. The first-order chi connectivity index (χ1) is 10.6. The maximum atomic E-state index is 12.5. The van der Waals surface area contributed by atoms with Crippen molar-refractivity contribution in [2.45, 2.75) is 26.2 Å². The summed E-state index contributed by atoms with van der Waals surface area (Å²) in [4.78, 5) is 14.4. The molecule has 1 aliphatic heterocycles. The van der Waals surface area contributed by atoms with Crippen LogP contribution >= 0.6 is 12.4 Å². The molecular formula is C18H27ClN2O2. The number of piperidine rings is 1. The molecule has 1 heterocycles. The summed E-state index contributed by atoms with van der Waals surface area (Å²) in [6, 6.07) is 7.99. The highest BCUT2D eigenvalue weighted by Gasteiger charge is 2.58. The predicted octanol–water partition coefficient (Wildman–Crippen LogP) is 2.64. The van der Waals surface area contributed by atoms with Gasteiger partial charge in [-0.1, -0.05) is 18.2 Å². The quantitative estimate of drug-likeness (QED) is 0.897. The fourth-order valence-electron chi connectivity index (χ4n) is 3.56. The first kappa shape index (κ1) is 18.1. The number of ether oxygens (including phenoxy) is 1. The van der Waals surface area contributed by atoms with Crippen LogP contribution in [-0.2, 0) is 4.79 Å². The number of rotatable bonds is 5. The van der Waals surface area contributed by atoms with Crippen LogP contribution in [0.3, 0.4) is 0 Å². The molecule has 3 rings (SSSR count). The number of carbonyl (C=O) groups is 1. The van der Waals surface area contributed by atoms with Crippen molar-refractivity contribution in [3.05, 3.63) is 29.8 Å². The molecule has 2 fully saturated rings. The van der Waals surface area contributed by atoms with Crippen LogP contribution in [-0.4, -0.2) is 44.1 Å². The monoisotopic (exact) mass is 338 g/mol. The van der Waals surface area contributed by atoms with Gasteiger partial charge in [0, 0.05) is 13.0 Å². The molecule has 1 unspecified atom stereocenters. The highest BCUT2D eigenvalue weighted by atomic mass is 35.5. The van der Waals surface area contributed by atoms with Crippen molar-refractivity contribution in [3.63, 3.8) is 0 Å². The highest BCUT2D eigenvalue weighted by molar-refractivity contribution is 5.85. The minimum absolute atomic E-state index is 0. The van der Waals surface area contributed by atoms with E-state index in [0.29, 0.717) is 24.5 Å². The largest absolute Gasteiger partial charge is 0.491 e. The number of likely N-dealkylation sites (N-methyl/N-ethyl adjacent to an activating group) is 1. The second kappa shape index (κ2) is 7.54. The molecule has 1 spiro atoms. The Morgan fingerprint density at radius 2 is 2.04 bits per heavy atom. The van der Waals surface area contributed by atoms with Crippen LogP contribution in [0.25, 0.3) is 0 Å². The molecule has 1 amide bonds. The molecule has 2 aliphatic rings. The molecule has 5 heteroatoms. The average Bonchev–Trinajstić information content (AvgIpc) is 3.22. The van der Waals surface area contributed by atoms with Crippen LogP contribution < -0.4 is 10.1 Å². The molecule has 0 radical (unpaired) electrons. The van der Waals surface area contributed by atoms with Crippen LogP contribution in [0.4, 0.5) is 0 Å². The van der Waals surface area contributed by atoms with Gasteiger partial charge >= 0.3 is 0 Å². The van der Waals surface area contributed by atoms with Gasteiger partial charge in [-0.15, -0.1) is 12.4 Å². The van der Waals surface area contributed by atoms with Gasteiger partial charge in [-0.25, -0.2) is 0 Å². The van der Waals surface area contributed by atoms with E-state index in [9.17, 15) is 4.79 Å². The SMILES string of the molecule is Cc1ccccc1OCCN(C)C(=O)C1CC12CCNCC2.Cl. The van der Waals surface area contributed by atoms with E-state index in [0.717, 1.165) is 43.7 Å². The zero-order valence-electron chi connectivity index (χ0n) is 14.0. The lowest BCUT2D eigenvalue weighted by Gasteiger charge is -2.25. The smallest absolute Gasteiger partial charge is 0.226 e. The van der Waals surface area contributed by atoms with E-state index in [-0.39, 0.29) is 18.3 Å². The lowest BCUT2D eigenvalue weighted by molar-refractivity contribution is -0.132. The summed E-state index contributed by atoms with van der Waals surface area (Å²) < 4.78 is 5.79. The van der Waals surface area contributed by atoms with E-state index in [2.05, 4.69) is 5.32 Å². The third-order valence-electron chi connectivity index (χ3n) is 5.24. The number of amides is 1. The van der Waals surface area contributed by atoms with Gasteiger partial charge in [-0.05, 0) is 56.3 Å². The average molecular weight is 339 g/mol. The minimum atomic E-state index is 0. The fraction of sp³-hybridized carbons (Fsp3) is 0.611. The molecule has 1 aliphatic carbocycles. The van der Waals surface area contributed by atoms with Gasteiger partial charge in [0.05, 0.1) is 6.54 Å². The number of hydrogen-bond donors (Lipinski definition) is 1. The number of aryl methyl sites for hydroxylation is 1. The number of para-hydroxylation sites is 1. The third-order valence-corrected chi connectivity index (χ3v) is 5.24. The zero-order chi connectivity index (χ0) is 15.6. The van der Waals surface area contributed by atoms with E-state index in [1.165, 1.54) is 0 Å². The Bertz CT molecular complexity index is 544. The summed E-state index contributed by atoms with van der Waals surface area (Å²) in [5, 5.41) is 3.38. The lowest BCUT2D eigenvalue weighted by atomic mass is 9.91. The van der Waals surface area contributed by atoms with E-state index in [4.69, 9.17) is 4.74 Å². The second-order valence-corrected chi connectivity index (χ2v) is 6.74. The Morgan fingerprint density at radius 3 is 2.74 bits per heavy atom. The highest BCUT2D eigenvalue weighted by Crippen LogP contribution is 2.59. The molecule has 1 aromatic carbocycles. The van der Waals surface area contributed by atoms with E-state index in [1.54, 1.807) is 0 Å². The van der Waals surface area contributed by atoms with Crippen molar-refractivity contribution in [3.8, 4) is 5.75 Å². The Labute approximate surface area is 145 Å². The van der Waals surface area contributed by atoms with Gasteiger partial charge in [-0.3, -0.25) is 4.79 Å². The van der Waals surface area contributed by atoms with Crippen LogP contribution in [0.2, 0.25) is 0 Å². The summed E-state index contributed by atoms with van der Waals surface area (Å²) in [7, 11) is 1.90. The Morgan fingerprint density at radius 1 is 1.35 bits per heavy atom. The summed E-state index contributed by atoms with van der Waals surface area (Å²) in [6.45, 7) is 5.36. The normalized spacial score (nSPS) is 21.4. The second-order valence-electron chi connectivity index (χ2n) is 6.74. The van der Waals surface area contributed by atoms with Gasteiger partial charge in [-0.2, -0.15) is 0 Å². The van der Waals surface area contributed by atoms with E-state index < -0.39 is 0 Å². The Kier molecular flexibility index (Phi) is 5.93. The van der Waals surface area contributed by atoms with E-state index >= 15 is 0 Å². The fourth-order valence-corrected chi connectivity index (χ4v) is 3.56. The van der Waals surface area contributed by atoms with Crippen molar-refractivity contribution in [2.24, 2.45) is 11.3 Å². The van der Waals surface area contributed by atoms with Gasteiger partial charge in [0.2, 0.25) is 5.91 Å². The number of hydrogen-bond acceptors (Lipinski definition) is 3. The molecule has 1 N–H and O–H groups in total. The van der Waals surface area contributed by atoms with Crippen LogP contribution in [0.1, 0.15) is 24.8 Å². The summed E-state index contributed by atoms with van der Waals surface area (Å²) in [5.41, 5.74) is 1.44. The Hall–Kier alpha value is -1.26. The van der Waals surface area contributed by atoms with Crippen molar-refractivity contribution < 1.29 is 9.53 Å². The van der Waals surface area contributed by atoms with Gasteiger partial charge in [0.25, 0.3) is 0 Å². The molecule has 0 aromatic heterocycles. The van der Waals surface area contributed by atoms with Gasteiger partial charge < -0.3 is 15.0 Å². The van der Waals surface area contributed by atoms with Crippen LogP contribution in [0.15, 0.2) is 24.3 Å². The number of benzene rings is 1. The molecule has 1 saturated heterocycles.